The molecule has 0 radical (unpaired) electrons. The molecule has 3 heterocycles. The number of amides is 6. The molecule has 3 fully saturated rings. The van der Waals surface area contributed by atoms with E-state index in [9.17, 15) is 28.8 Å². The van der Waals surface area contributed by atoms with Gasteiger partial charge in [0.05, 0.1) is 82.5 Å². The van der Waals surface area contributed by atoms with Crippen LogP contribution in [0.25, 0.3) is 33.8 Å². The summed E-state index contributed by atoms with van der Waals surface area (Å²) in [6.45, 7) is 30.9. The average Bonchev–Trinajstić information content (AvgIpc) is 1.63. The number of aromatic nitrogens is 6. The minimum Gasteiger partial charge on any atom is -0.496 e. The Morgan fingerprint density at radius 3 is 0.948 bits per heavy atom. The first-order chi connectivity index (χ1) is 55.6. The van der Waals surface area contributed by atoms with Crippen LogP contribution in [-0.2, 0) is 27.5 Å². The highest BCUT2D eigenvalue weighted by Crippen LogP contribution is 2.43. The molecule has 24 nitrogen and oxygen atoms in total. The summed E-state index contributed by atoms with van der Waals surface area (Å²) in [5, 5.41) is 32.8. The van der Waals surface area contributed by atoms with E-state index in [-0.39, 0.29) is 84.8 Å². The van der Waals surface area contributed by atoms with Crippen LogP contribution >= 0.6 is 0 Å². The second-order valence-electron chi connectivity index (χ2n) is 34.5. The van der Waals surface area contributed by atoms with E-state index in [0.29, 0.717) is 131 Å². The van der Waals surface area contributed by atoms with E-state index < -0.39 is 0 Å². The van der Waals surface area contributed by atoms with Crippen LogP contribution in [0.1, 0.15) is 269 Å². The molecule has 3 saturated carbocycles. The number of carbonyl (C=O) groups excluding carboxylic acids is 6. The third-order valence-corrected chi connectivity index (χ3v) is 22.6. The van der Waals surface area contributed by atoms with Crippen molar-refractivity contribution < 1.29 is 57.2 Å². The van der Waals surface area contributed by atoms with Gasteiger partial charge in [-0.1, -0.05) is 165 Å². The summed E-state index contributed by atoms with van der Waals surface area (Å²) in [6, 6.07) is 21.4. The molecule has 6 amide bonds. The van der Waals surface area contributed by atoms with Gasteiger partial charge in [0, 0.05) is 70.1 Å². The Balaban J connectivity index is 0.000000241. The minimum absolute atomic E-state index is 0.00623. The van der Waals surface area contributed by atoms with Gasteiger partial charge in [-0.15, -0.1) is 0 Å². The second-order valence-corrected chi connectivity index (χ2v) is 34.5. The van der Waals surface area contributed by atoms with E-state index in [1.165, 1.54) is 96.3 Å². The Kier molecular flexibility index (Phi) is 38.9. The van der Waals surface area contributed by atoms with Crippen molar-refractivity contribution >= 4 is 35.4 Å². The van der Waals surface area contributed by atoms with E-state index in [0.717, 1.165) is 59.8 Å². The second kappa shape index (κ2) is 48.0. The van der Waals surface area contributed by atoms with Crippen LogP contribution in [-0.4, -0.2) is 145 Å². The SMILES string of the molecule is CCC(C)Cn1nc(C(=O)N[C@H](CC(=O)NCC2CCCCC2)CC(C)C)cc1-c1c(OC)cccc1OC.COc1cccc(OC)c1-c1cc(C(=O)N[C@H](CC(=O)NCC2CCCCC2)CC(C)C)nn1C(C)C(C)C.COc1cccc(OC)c1-c1cc(C(=O)N[C@H](CC(=O)NCC2CCCCC2)CC(C)C)nn1CC(C)C. The molecule has 24 heteroatoms. The van der Waals surface area contributed by atoms with Gasteiger partial charge in [-0.2, -0.15) is 15.3 Å². The van der Waals surface area contributed by atoms with Crippen molar-refractivity contribution in [1.29, 1.82) is 0 Å². The maximum Gasteiger partial charge on any atom is 0.272 e. The molecule has 0 bridgehead atoms. The van der Waals surface area contributed by atoms with E-state index >= 15 is 0 Å². The van der Waals surface area contributed by atoms with Crippen molar-refractivity contribution in [2.75, 3.05) is 62.3 Å². The third-order valence-electron chi connectivity index (χ3n) is 22.6. The lowest BCUT2D eigenvalue weighted by molar-refractivity contribution is -0.122. The van der Waals surface area contributed by atoms with Crippen LogP contribution in [0, 0.1) is 53.3 Å². The lowest BCUT2D eigenvalue weighted by atomic mass is 9.89. The lowest BCUT2D eigenvalue weighted by Gasteiger charge is -2.23. The van der Waals surface area contributed by atoms with E-state index in [4.69, 9.17) is 38.6 Å². The number of carbonyl (C=O) groups is 6. The number of methoxy groups -OCH3 is 6. The number of ether oxygens (including phenoxy) is 6. The Bertz CT molecular complexity index is 3960. The Morgan fingerprint density at radius 2 is 0.672 bits per heavy atom. The molecular weight excluding hydrogens is 1470 g/mol. The molecule has 6 N–H and O–H groups in total. The largest absolute Gasteiger partial charge is 0.496 e. The fourth-order valence-corrected chi connectivity index (χ4v) is 16.0. The number of rotatable bonds is 40. The normalized spacial score (nSPS) is 15.4. The van der Waals surface area contributed by atoms with Crippen molar-refractivity contribution in [2.45, 2.75) is 269 Å². The number of hydrogen-bond acceptors (Lipinski definition) is 15. The molecule has 5 atom stereocenters. The maximum absolute atomic E-state index is 13.5. The molecule has 9 rings (SSSR count). The van der Waals surface area contributed by atoms with Gasteiger partial charge in [-0.25, -0.2) is 0 Å². The van der Waals surface area contributed by atoms with Gasteiger partial charge in [0.25, 0.3) is 17.7 Å². The van der Waals surface area contributed by atoms with Crippen molar-refractivity contribution in [3.63, 3.8) is 0 Å². The van der Waals surface area contributed by atoms with Crippen LogP contribution in [0.2, 0.25) is 0 Å². The molecule has 6 aromatic rings. The molecule has 0 aliphatic heterocycles. The number of benzene rings is 3. The van der Waals surface area contributed by atoms with Crippen molar-refractivity contribution in [2.24, 2.45) is 53.3 Å². The molecular formula is C92H142N12O12. The minimum atomic E-state index is -0.287. The quantitative estimate of drug-likeness (QED) is 0.0209. The predicted octanol–water partition coefficient (Wildman–Crippen LogP) is 17.3. The van der Waals surface area contributed by atoms with E-state index in [1.54, 1.807) is 60.9 Å². The first-order valence-electron chi connectivity index (χ1n) is 43.2. The number of nitrogens with zero attached hydrogens (tertiary/aromatic N) is 6. The van der Waals surface area contributed by atoms with Crippen LogP contribution in [0.4, 0.5) is 0 Å². The van der Waals surface area contributed by atoms with Crippen LogP contribution in [0.3, 0.4) is 0 Å². The molecule has 0 spiro atoms. The first-order valence-corrected chi connectivity index (χ1v) is 43.2. The highest BCUT2D eigenvalue weighted by molar-refractivity contribution is 5.96. The van der Waals surface area contributed by atoms with Crippen molar-refractivity contribution in [1.82, 2.24) is 61.2 Å². The summed E-state index contributed by atoms with van der Waals surface area (Å²) in [5.74, 6) is 6.67. The number of nitrogens with one attached hydrogen (secondary N) is 6. The van der Waals surface area contributed by atoms with Crippen LogP contribution in [0.5, 0.6) is 34.5 Å². The standard InChI is InChI=1S/2C31H48N4O4.C30H46N4O4/c1-20(2)16-24(17-29(36)32-19-23-12-9-8-10-13-23)33-31(37)25-18-26(35(34-25)22(5)21(3)4)30-27(38-6)14-11-15-28(30)39-7;1-7-22(4)20-35-26(30-27(38-5)14-11-15-28(30)39-6)18-25(34-35)31(37)33-24(16-21(2)3)17-29(36)32-19-23-12-9-8-10-13-23;1-20(2)15-23(16-28(35)31-18-22-11-8-7-9-12-22)32-30(36)24-17-25(34(33-24)19-21(3)4)29-26(37-5)13-10-14-27(29)38-6/h11,14-15,18,20-24H,8-10,12-13,16-17,19H2,1-7H3,(H,32,36)(H,33,37);11,14-15,18,21-24H,7-10,12-13,16-17,19-20H2,1-6H3,(H,32,36)(H,33,37);10,13-14,17,20-23H,7-9,11-12,15-16,18-19H2,1-6H3,(H,31,35)(H,32,36)/t2*22?,24-;23-/m000/s1. The summed E-state index contributed by atoms with van der Waals surface area (Å²) >= 11 is 0. The molecule has 3 aromatic heterocycles. The van der Waals surface area contributed by atoms with Gasteiger partial charge in [0.15, 0.2) is 17.1 Å². The fraction of sp³-hybridized carbons (Fsp3) is 0.641. The zero-order valence-corrected chi connectivity index (χ0v) is 73.6. The topological polar surface area (TPSA) is 283 Å². The van der Waals surface area contributed by atoms with Gasteiger partial charge in [0.2, 0.25) is 17.7 Å². The fourth-order valence-electron chi connectivity index (χ4n) is 16.0. The zero-order chi connectivity index (χ0) is 84.5. The van der Waals surface area contributed by atoms with Crippen LogP contribution in [0.15, 0.2) is 72.8 Å². The monoisotopic (exact) mass is 1610 g/mol. The highest BCUT2D eigenvalue weighted by atomic mass is 16.5. The van der Waals surface area contributed by atoms with Crippen LogP contribution < -0.4 is 60.3 Å². The molecule has 116 heavy (non-hydrogen) atoms. The van der Waals surface area contributed by atoms with Crippen molar-refractivity contribution in [3.05, 3.63) is 89.9 Å². The predicted molar refractivity (Wildman–Crippen MR) is 461 cm³/mol. The summed E-state index contributed by atoms with van der Waals surface area (Å²) in [4.78, 5) is 78.9. The Hall–Kier alpha value is -9.09. The average molecular weight is 1610 g/mol. The van der Waals surface area contributed by atoms with Gasteiger partial charge in [-0.05, 0) is 173 Å². The van der Waals surface area contributed by atoms with Crippen molar-refractivity contribution in [3.8, 4) is 68.3 Å². The molecule has 0 saturated heterocycles. The lowest BCUT2D eigenvalue weighted by Crippen LogP contribution is -2.41. The Morgan fingerprint density at radius 1 is 0.388 bits per heavy atom. The van der Waals surface area contributed by atoms with Gasteiger partial charge < -0.3 is 60.3 Å². The van der Waals surface area contributed by atoms with E-state index in [2.05, 4.69) is 127 Å². The molecule has 642 valence electrons. The molecule has 2 unspecified atom stereocenters. The molecule has 3 aliphatic rings. The summed E-state index contributed by atoms with van der Waals surface area (Å²) < 4.78 is 39.5. The smallest absolute Gasteiger partial charge is 0.272 e. The molecule has 3 aromatic carbocycles. The summed E-state index contributed by atoms with van der Waals surface area (Å²) in [6.07, 6.45) is 22.4. The zero-order valence-electron chi connectivity index (χ0n) is 73.6. The number of hydrogen-bond donors (Lipinski definition) is 6. The highest BCUT2D eigenvalue weighted by Gasteiger charge is 2.31. The van der Waals surface area contributed by atoms with Gasteiger partial charge in [-0.3, -0.25) is 42.8 Å². The summed E-state index contributed by atoms with van der Waals surface area (Å²) in [5.41, 5.74) is 5.47. The maximum atomic E-state index is 13.5. The third kappa shape index (κ3) is 28.9. The van der Waals surface area contributed by atoms with Gasteiger partial charge >= 0.3 is 0 Å². The van der Waals surface area contributed by atoms with Gasteiger partial charge in [0.1, 0.15) is 34.5 Å². The first kappa shape index (κ1) is 94.1. The molecule has 3 aliphatic carbocycles. The van der Waals surface area contributed by atoms with E-state index in [1.807, 2.05) is 68.6 Å². The summed E-state index contributed by atoms with van der Waals surface area (Å²) in [7, 11) is 9.71. The Labute approximate surface area is 692 Å².